The lowest BCUT2D eigenvalue weighted by Gasteiger charge is -2.37. The Morgan fingerprint density at radius 1 is 1.21 bits per heavy atom. The summed E-state index contributed by atoms with van der Waals surface area (Å²) in [6.07, 6.45) is 2.81. The number of likely N-dealkylation sites (tertiary alicyclic amines) is 2. The number of ether oxygens (including phenoxy) is 1. The third kappa shape index (κ3) is 12.5. The van der Waals surface area contributed by atoms with Crippen LogP contribution in [-0.2, 0) is 16.0 Å². The number of hydrogen-bond donors (Lipinski definition) is 3. The molecule has 1 aromatic carbocycles. The lowest BCUT2D eigenvalue weighted by atomic mass is 9.76. The summed E-state index contributed by atoms with van der Waals surface area (Å²) in [5.74, 6) is -1.14. The van der Waals surface area contributed by atoms with E-state index in [0.29, 0.717) is 32.2 Å². The van der Waals surface area contributed by atoms with Crippen molar-refractivity contribution < 1.29 is 28.8 Å². The van der Waals surface area contributed by atoms with Gasteiger partial charge < -0.3 is 25.0 Å². The number of carbonyl (C=O) groups is 2. The minimum Gasteiger partial charge on any atom is -0.447 e. The molecule has 2 aliphatic heterocycles. The van der Waals surface area contributed by atoms with Gasteiger partial charge in [-0.05, 0) is 78.7 Å². The van der Waals surface area contributed by atoms with Crippen molar-refractivity contribution in [3.63, 3.8) is 0 Å². The molecular weight excluding hydrogens is 550 g/mol. The van der Waals surface area contributed by atoms with Crippen LogP contribution in [0.5, 0.6) is 0 Å². The lowest BCUT2D eigenvalue weighted by Crippen LogP contribution is -2.53. The first kappa shape index (κ1) is 38.3. The highest BCUT2D eigenvalue weighted by atomic mass is 19.1. The van der Waals surface area contributed by atoms with Crippen molar-refractivity contribution in [2.24, 2.45) is 0 Å². The summed E-state index contributed by atoms with van der Waals surface area (Å²) >= 11 is 0. The number of halogens is 1. The van der Waals surface area contributed by atoms with Gasteiger partial charge in [-0.25, -0.2) is 9.18 Å². The van der Waals surface area contributed by atoms with Crippen LogP contribution in [0.2, 0.25) is 0 Å². The van der Waals surface area contributed by atoms with Crippen LogP contribution in [0.1, 0.15) is 99.5 Å². The van der Waals surface area contributed by atoms with Gasteiger partial charge in [-0.2, -0.15) is 5.26 Å². The van der Waals surface area contributed by atoms with Crippen LogP contribution >= 0.6 is 0 Å². The average Bonchev–Trinajstić information content (AvgIpc) is 3.51. The molecule has 2 saturated heterocycles. The number of aryl methyl sites for hydroxylation is 1. The maximum absolute atomic E-state index is 13.3. The first-order chi connectivity index (χ1) is 20.1. The van der Waals surface area contributed by atoms with Gasteiger partial charge >= 0.3 is 13.2 Å². The van der Waals surface area contributed by atoms with E-state index in [4.69, 9.17) is 10.00 Å². The predicted molar refractivity (Wildman–Crippen MR) is 169 cm³/mol. The Balaban J connectivity index is 0.000000592. The van der Waals surface area contributed by atoms with Crippen molar-refractivity contribution >= 4 is 19.1 Å². The Hall–Kier alpha value is -2.68. The van der Waals surface area contributed by atoms with Gasteiger partial charge in [0.05, 0.1) is 17.5 Å². The fraction of sp³-hybridized carbons (Fsp3) is 0.719. The molecule has 0 spiro atoms. The Labute approximate surface area is 258 Å². The van der Waals surface area contributed by atoms with Crippen LogP contribution < -0.4 is 5.32 Å². The molecule has 0 radical (unpaired) electrons. The van der Waals surface area contributed by atoms with E-state index in [1.807, 2.05) is 64.1 Å². The Kier molecular flexibility index (Phi) is 15.7. The molecule has 2 heterocycles. The van der Waals surface area contributed by atoms with Crippen molar-refractivity contribution in [1.29, 1.82) is 5.26 Å². The second-order valence-corrected chi connectivity index (χ2v) is 12.7. The fourth-order valence-electron chi connectivity index (χ4n) is 5.53. The van der Waals surface area contributed by atoms with Crippen LogP contribution in [0, 0.1) is 11.3 Å². The highest BCUT2D eigenvalue weighted by Gasteiger charge is 2.45. The normalized spacial score (nSPS) is 24.0. The number of nitrogens with zero attached hydrogens (tertiary/aromatic N) is 3. The van der Waals surface area contributed by atoms with Gasteiger partial charge in [-0.15, -0.1) is 0 Å². The lowest BCUT2D eigenvalue weighted by molar-refractivity contribution is -0.137. The molecule has 0 bridgehead atoms. The molecular formula is C32H54BFN4O5. The van der Waals surface area contributed by atoms with Crippen molar-refractivity contribution in [3.05, 3.63) is 35.9 Å². The number of rotatable bonds is 9. The quantitative estimate of drug-likeness (QED) is 0.337. The van der Waals surface area contributed by atoms with Gasteiger partial charge in [0.15, 0.2) is 0 Å². The number of alkyl carbamates (subject to hydrolysis) is 1. The molecule has 3 N–H and O–H groups in total. The van der Waals surface area contributed by atoms with Gasteiger partial charge in [0.1, 0.15) is 18.7 Å². The molecule has 4 unspecified atom stereocenters. The van der Waals surface area contributed by atoms with Crippen molar-refractivity contribution in [1.82, 2.24) is 15.1 Å². The van der Waals surface area contributed by atoms with E-state index in [0.717, 1.165) is 24.9 Å². The van der Waals surface area contributed by atoms with Gasteiger partial charge in [0.2, 0.25) is 5.91 Å². The van der Waals surface area contributed by atoms with Gasteiger partial charge in [-0.1, -0.05) is 51.1 Å². The zero-order valence-electron chi connectivity index (χ0n) is 27.5. The minimum atomic E-state index is -1.72. The summed E-state index contributed by atoms with van der Waals surface area (Å²) in [7, 11) is -1.72. The number of amides is 2. The molecule has 1 aromatic rings. The van der Waals surface area contributed by atoms with Crippen LogP contribution in [0.15, 0.2) is 30.3 Å². The number of carbonyl (C=O) groups excluding carboxylic acids is 2. The number of hydrogen-bond acceptors (Lipinski definition) is 7. The molecule has 3 rings (SSSR count). The number of nitrogens with one attached hydrogen (secondary N) is 1. The van der Waals surface area contributed by atoms with Gasteiger partial charge in [0, 0.05) is 24.7 Å². The zero-order valence-corrected chi connectivity index (χ0v) is 27.5. The topological polar surface area (TPSA) is 126 Å². The third-order valence-corrected chi connectivity index (χ3v) is 8.07. The summed E-state index contributed by atoms with van der Waals surface area (Å²) in [4.78, 5) is 28.6. The van der Waals surface area contributed by atoms with E-state index >= 15 is 0 Å². The number of benzene rings is 1. The van der Waals surface area contributed by atoms with E-state index in [-0.39, 0.29) is 30.5 Å². The molecule has 9 nitrogen and oxygen atoms in total. The maximum atomic E-state index is 13.3. The van der Waals surface area contributed by atoms with Gasteiger partial charge in [-0.3, -0.25) is 9.69 Å². The van der Waals surface area contributed by atoms with Crippen molar-refractivity contribution in [2.75, 3.05) is 19.7 Å². The summed E-state index contributed by atoms with van der Waals surface area (Å²) in [6, 6.07) is 11.4. The smallest absolute Gasteiger partial charge is 0.447 e. The zero-order chi connectivity index (χ0) is 32.8. The van der Waals surface area contributed by atoms with Crippen LogP contribution in [0.3, 0.4) is 0 Å². The number of nitriles is 1. The Bertz CT molecular complexity index is 1030. The molecule has 0 aromatic heterocycles. The van der Waals surface area contributed by atoms with Crippen LogP contribution in [0.4, 0.5) is 9.18 Å². The molecule has 43 heavy (non-hydrogen) atoms. The standard InChI is InChI=1S/C21H30BN3O5.C9H18FN.C2H6/c1-3-17-11-13-21(2,25(17)19(26)12-14-23)15-30-20(27)24-18(22(28)29)10-9-16-7-5-4-6-8-16;1-8(2,3)11-6-5-9(4,10)7-11;1-2/h4-8,17-18,28-29H,3,9-13,15H2,1-2H3,(H,24,27);5-7H2,1-4H3;1-2H3. The molecule has 0 saturated carbocycles. The van der Waals surface area contributed by atoms with E-state index in [9.17, 15) is 24.0 Å². The predicted octanol–water partition coefficient (Wildman–Crippen LogP) is 5.04. The molecule has 11 heteroatoms. The van der Waals surface area contributed by atoms with E-state index in [1.54, 1.807) is 11.8 Å². The maximum Gasteiger partial charge on any atom is 0.475 e. The summed E-state index contributed by atoms with van der Waals surface area (Å²) < 4.78 is 18.7. The summed E-state index contributed by atoms with van der Waals surface area (Å²) in [5.41, 5.74) is -0.491. The minimum absolute atomic E-state index is 0.0143. The van der Waals surface area contributed by atoms with E-state index in [2.05, 4.69) is 31.0 Å². The first-order valence-electron chi connectivity index (χ1n) is 15.6. The molecule has 0 aliphatic carbocycles. The fourth-order valence-corrected chi connectivity index (χ4v) is 5.53. The average molecular weight is 605 g/mol. The molecule has 4 atom stereocenters. The first-order valence-corrected chi connectivity index (χ1v) is 15.6. The third-order valence-electron chi connectivity index (χ3n) is 8.07. The SMILES string of the molecule is CC.CC1(F)CCN(C(C)(C)C)C1.CCC1CCC(C)(COC(=O)NC(CCc2ccccc2)B(O)O)N1C(=O)CC#N. The van der Waals surface area contributed by atoms with Crippen LogP contribution in [0.25, 0.3) is 0 Å². The summed E-state index contributed by atoms with van der Waals surface area (Å²) in [6.45, 7) is 17.4. The van der Waals surface area contributed by atoms with Crippen LogP contribution in [-0.4, -0.2) is 87.4 Å². The van der Waals surface area contributed by atoms with Gasteiger partial charge in [0.25, 0.3) is 0 Å². The second-order valence-electron chi connectivity index (χ2n) is 12.7. The molecule has 2 amide bonds. The monoisotopic (exact) mass is 604 g/mol. The summed E-state index contributed by atoms with van der Waals surface area (Å²) in [5, 5.41) is 30.6. The molecule has 2 aliphatic rings. The second kappa shape index (κ2) is 17.6. The Morgan fingerprint density at radius 3 is 2.30 bits per heavy atom. The van der Waals surface area contributed by atoms with E-state index in [1.165, 1.54) is 0 Å². The number of alkyl halides is 1. The highest BCUT2D eigenvalue weighted by Crippen LogP contribution is 2.36. The Morgan fingerprint density at radius 2 is 1.84 bits per heavy atom. The van der Waals surface area contributed by atoms with Crippen molar-refractivity contribution in [2.45, 2.75) is 129 Å². The van der Waals surface area contributed by atoms with E-state index < -0.39 is 30.4 Å². The molecule has 242 valence electrons. The molecule has 2 fully saturated rings. The van der Waals surface area contributed by atoms with Crippen molar-refractivity contribution in [3.8, 4) is 6.07 Å². The largest absolute Gasteiger partial charge is 0.475 e. The highest BCUT2D eigenvalue weighted by molar-refractivity contribution is 6.43.